The second-order valence-corrected chi connectivity index (χ2v) is 7.45. The fourth-order valence-electron chi connectivity index (χ4n) is 1.93. The number of nitrogens with zero attached hydrogens (tertiary/aromatic N) is 1. The van der Waals surface area contributed by atoms with E-state index in [1.165, 1.54) is 4.31 Å². The van der Waals surface area contributed by atoms with Crippen LogP contribution >= 0.6 is 0 Å². The van der Waals surface area contributed by atoms with Crippen LogP contribution in [0.15, 0.2) is 24.3 Å². The van der Waals surface area contributed by atoms with Gasteiger partial charge in [0.05, 0.1) is 11.4 Å². The van der Waals surface area contributed by atoms with Crippen molar-refractivity contribution in [3.8, 4) is 0 Å². The van der Waals surface area contributed by atoms with Crippen LogP contribution in [0, 0.1) is 5.92 Å². The summed E-state index contributed by atoms with van der Waals surface area (Å²) in [6.07, 6.45) is 1.48. The van der Waals surface area contributed by atoms with E-state index in [4.69, 9.17) is 5.73 Å². The zero-order chi connectivity index (χ0) is 15.2. The molecule has 0 aromatic heterocycles. The molecule has 0 atom stereocenters. The van der Waals surface area contributed by atoms with Gasteiger partial charge in [-0.2, -0.15) is 0 Å². The van der Waals surface area contributed by atoms with Gasteiger partial charge in [0.1, 0.15) is 0 Å². The summed E-state index contributed by atoms with van der Waals surface area (Å²) in [7, 11) is -3.25. The third-order valence-corrected chi connectivity index (χ3v) is 4.99. The number of hydrogen-bond acceptors (Lipinski definition) is 3. The Morgan fingerprint density at radius 2 is 1.80 bits per heavy atom. The Morgan fingerprint density at radius 1 is 1.20 bits per heavy atom. The third kappa shape index (κ3) is 4.80. The van der Waals surface area contributed by atoms with Crippen LogP contribution < -0.4 is 10.0 Å². The third-order valence-electron chi connectivity index (χ3n) is 3.18. The van der Waals surface area contributed by atoms with Crippen molar-refractivity contribution in [3.05, 3.63) is 29.8 Å². The second-order valence-electron chi connectivity index (χ2n) is 5.44. The number of benzene rings is 1. The van der Waals surface area contributed by atoms with Crippen molar-refractivity contribution >= 4 is 15.7 Å². The molecular formula is C15H26N2O2S. The highest BCUT2D eigenvalue weighted by Gasteiger charge is 2.21. The molecule has 0 heterocycles. The summed E-state index contributed by atoms with van der Waals surface area (Å²) < 4.78 is 26.5. The maximum atomic E-state index is 12.5. The normalized spacial score (nSPS) is 11.8. The first-order chi connectivity index (χ1) is 9.40. The molecule has 0 fully saturated rings. The summed E-state index contributed by atoms with van der Waals surface area (Å²) in [4.78, 5) is 0. The molecule has 114 valence electrons. The van der Waals surface area contributed by atoms with Crippen molar-refractivity contribution in [2.75, 3.05) is 16.6 Å². The molecule has 0 spiro atoms. The first-order valence-corrected chi connectivity index (χ1v) is 8.81. The lowest BCUT2D eigenvalue weighted by atomic mass is 10.2. The molecule has 0 aliphatic heterocycles. The molecule has 0 aliphatic carbocycles. The summed E-state index contributed by atoms with van der Waals surface area (Å²) >= 11 is 0. The lowest BCUT2D eigenvalue weighted by Crippen LogP contribution is -2.34. The fourth-order valence-corrected chi connectivity index (χ4v) is 3.82. The highest BCUT2D eigenvalue weighted by molar-refractivity contribution is 7.92. The minimum absolute atomic E-state index is 0.198. The summed E-state index contributed by atoms with van der Waals surface area (Å²) in [6, 6.07) is 7.45. The van der Waals surface area contributed by atoms with Gasteiger partial charge in [-0.25, -0.2) is 8.42 Å². The highest BCUT2D eigenvalue weighted by Crippen LogP contribution is 2.21. The molecule has 0 unspecified atom stereocenters. The number of nitrogens with two attached hydrogens (primary N) is 1. The van der Waals surface area contributed by atoms with Crippen LogP contribution in [0.25, 0.3) is 0 Å². The Morgan fingerprint density at radius 3 is 2.25 bits per heavy atom. The van der Waals surface area contributed by atoms with Crippen LogP contribution in [0.3, 0.4) is 0 Å². The Bertz CT molecular complexity index is 495. The average molecular weight is 298 g/mol. The van der Waals surface area contributed by atoms with Crippen LogP contribution in [0.2, 0.25) is 0 Å². The molecular weight excluding hydrogens is 272 g/mol. The Labute approximate surface area is 123 Å². The first-order valence-electron chi connectivity index (χ1n) is 7.20. The second kappa shape index (κ2) is 7.64. The maximum Gasteiger partial charge on any atom is 0.235 e. The van der Waals surface area contributed by atoms with Gasteiger partial charge in [0.2, 0.25) is 10.0 Å². The van der Waals surface area contributed by atoms with Gasteiger partial charge >= 0.3 is 0 Å². The number of hydrogen-bond donors (Lipinski definition) is 1. The van der Waals surface area contributed by atoms with E-state index < -0.39 is 10.0 Å². The van der Waals surface area contributed by atoms with E-state index in [1.54, 1.807) is 0 Å². The quantitative estimate of drug-likeness (QED) is 0.802. The predicted molar refractivity (Wildman–Crippen MR) is 85.2 cm³/mol. The average Bonchev–Trinajstić information content (AvgIpc) is 2.43. The maximum absolute atomic E-state index is 12.5. The van der Waals surface area contributed by atoms with Gasteiger partial charge < -0.3 is 5.73 Å². The minimum atomic E-state index is -3.25. The molecule has 0 radical (unpaired) electrons. The number of sulfonamides is 1. The van der Waals surface area contributed by atoms with Gasteiger partial charge in [0.25, 0.3) is 0 Å². The lowest BCUT2D eigenvalue weighted by molar-refractivity contribution is 0.569. The molecule has 20 heavy (non-hydrogen) atoms. The molecule has 1 aromatic rings. The smallest absolute Gasteiger partial charge is 0.235 e. The molecule has 0 amide bonds. The summed E-state index contributed by atoms with van der Waals surface area (Å²) in [5.74, 6) is 0.580. The SMILES string of the molecule is CCCN(c1ccc(CN)cc1)S(=O)(=O)CCC(C)C. The minimum Gasteiger partial charge on any atom is -0.326 e. The van der Waals surface area contributed by atoms with Gasteiger partial charge in [-0.05, 0) is 36.5 Å². The van der Waals surface area contributed by atoms with Crippen LogP contribution in [0.5, 0.6) is 0 Å². The Hall–Kier alpha value is -1.07. The molecule has 1 rings (SSSR count). The van der Waals surface area contributed by atoms with Crippen molar-refractivity contribution in [2.45, 2.75) is 40.2 Å². The van der Waals surface area contributed by atoms with Crippen molar-refractivity contribution in [3.63, 3.8) is 0 Å². The molecule has 1 aromatic carbocycles. The summed E-state index contributed by atoms with van der Waals surface area (Å²) in [6.45, 7) is 7.04. The van der Waals surface area contributed by atoms with Gasteiger partial charge in [0.15, 0.2) is 0 Å². The van der Waals surface area contributed by atoms with E-state index in [0.29, 0.717) is 25.4 Å². The van der Waals surface area contributed by atoms with E-state index >= 15 is 0 Å². The molecule has 0 bridgehead atoms. The molecule has 0 aliphatic rings. The molecule has 2 N–H and O–H groups in total. The van der Waals surface area contributed by atoms with Crippen molar-refractivity contribution in [2.24, 2.45) is 11.7 Å². The van der Waals surface area contributed by atoms with Crippen LogP contribution in [0.4, 0.5) is 5.69 Å². The Balaban J connectivity index is 2.96. The molecule has 0 saturated heterocycles. The van der Waals surface area contributed by atoms with Gasteiger partial charge in [-0.1, -0.05) is 32.9 Å². The van der Waals surface area contributed by atoms with Crippen LogP contribution in [-0.4, -0.2) is 20.7 Å². The Kier molecular flexibility index (Phi) is 6.49. The number of anilines is 1. The molecule has 4 nitrogen and oxygen atoms in total. The van der Waals surface area contributed by atoms with Gasteiger partial charge in [-0.3, -0.25) is 4.31 Å². The van der Waals surface area contributed by atoms with Crippen LogP contribution in [-0.2, 0) is 16.6 Å². The highest BCUT2D eigenvalue weighted by atomic mass is 32.2. The molecule has 0 saturated carbocycles. The standard InChI is InChI=1S/C15H26N2O2S/c1-4-10-17(20(18,19)11-9-13(2)3)15-7-5-14(12-16)6-8-15/h5-8,13H,4,9-12,16H2,1-3H3. The van der Waals surface area contributed by atoms with E-state index in [0.717, 1.165) is 17.7 Å². The van der Waals surface area contributed by atoms with E-state index in [2.05, 4.69) is 0 Å². The summed E-state index contributed by atoms with van der Waals surface area (Å²) in [5, 5.41) is 0. The van der Waals surface area contributed by atoms with Crippen molar-refractivity contribution < 1.29 is 8.42 Å². The molecule has 5 heteroatoms. The van der Waals surface area contributed by atoms with E-state index in [1.807, 2.05) is 45.0 Å². The van der Waals surface area contributed by atoms with Crippen LogP contribution in [0.1, 0.15) is 39.2 Å². The lowest BCUT2D eigenvalue weighted by Gasteiger charge is -2.24. The zero-order valence-electron chi connectivity index (χ0n) is 12.7. The topological polar surface area (TPSA) is 63.4 Å². The van der Waals surface area contributed by atoms with E-state index in [-0.39, 0.29) is 5.75 Å². The predicted octanol–water partition coefficient (Wildman–Crippen LogP) is 2.74. The first kappa shape index (κ1) is 17.0. The zero-order valence-corrected chi connectivity index (χ0v) is 13.5. The van der Waals surface area contributed by atoms with Crippen molar-refractivity contribution in [1.29, 1.82) is 0 Å². The number of rotatable bonds is 8. The van der Waals surface area contributed by atoms with Gasteiger partial charge in [-0.15, -0.1) is 0 Å². The van der Waals surface area contributed by atoms with Gasteiger partial charge in [0, 0.05) is 13.1 Å². The largest absolute Gasteiger partial charge is 0.326 e. The van der Waals surface area contributed by atoms with Crippen molar-refractivity contribution in [1.82, 2.24) is 0 Å². The fraction of sp³-hybridized carbons (Fsp3) is 0.600. The summed E-state index contributed by atoms with van der Waals surface area (Å²) in [5.41, 5.74) is 7.30. The van der Waals surface area contributed by atoms with E-state index in [9.17, 15) is 8.42 Å². The monoisotopic (exact) mass is 298 g/mol.